The van der Waals surface area contributed by atoms with Crippen LogP contribution < -0.4 is 10.5 Å². The van der Waals surface area contributed by atoms with Crippen molar-refractivity contribution in [2.24, 2.45) is 5.73 Å². The zero-order valence-corrected chi connectivity index (χ0v) is 12.8. The standard InChI is InChI=1S/C16H15N3O2S/c1-21-10-5-7-11(8-6-10)22-9-14-18-13-4-2-3-12(16(17)20)15(13)19-14/h2-8H,9H2,1H3,(H2,17,20)(H,18,19). The molecule has 0 unspecified atom stereocenters. The summed E-state index contributed by atoms with van der Waals surface area (Å²) in [6, 6.07) is 13.2. The van der Waals surface area contributed by atoms with Crippen molar-refractivity contribution in [3.8, 4) is 5.75 Å². The summed E-state index contributed by atoms with van der Waals surface area (Å²) in [4.78, 5) is 20.2. The second kappa shape index (κ2) is 6.11. The summed E-state index contributed by atoms with van der Waals surface area (Å²) >= 11 is 1.66. The average molecular weight is 313 g/mol. The lowest BCUT2D eigenvalue weighted by atomic mass is 10.2. The number of hydrogen-bond acceptors (Lipinski definition) is 4. The zero-order valence-electron chi connectivity index (χ0n) is 12.0. The first-order valence-corrected chi connectivity index (χ1v) is 7.70. The van der Waals surface area contributed by atoms with Crippen LogP contribution in [0, 0.1) is 0 Å². The van der Waals surface area contributed by atoms with Crippen molar-refractivity contribution in [2.75, 3.05) is 7.11 Å². The molecule has 0 aliphatic heterocycles. The van der Waals surface area contributed by atoms with Crippen molar-refractivity contribution >= 4 is 28.7 Å². The highest BCUT2D eigenvalue weighted by Crippen LogP contribution is 2.25. The third-order valence-corrected chi connectivity index (χ3v) is 4.29. The minimum Gasteiger partial charge on any atom is -0.497 e. The lowest BCUT2D eigenvalue weighted by Crippen LogP contribution is -2.11. The Morgan fingerprint density at radius 2 is 2.05 bits per heavy atom. The number of benzene rings is 2. The van der Waals surface area contributed by atoms with Crippen LogP contribution in [0.15, 0.2) is 47.4 Å². The number of aromatic amines is 1. The molecule has 5 nitrogen and oxygen atoms in total. The number of rotatable bonds is 5. The fraction of sp³-hybridized carbons (Fsp3) is 0.125. The Bertz CT molecular complexity index is 812. The molecule has 1 amide bonds. The molecule has 2 aromatic carbocycles. The molecule has 0 aliphatic carbocycles. The van der Waals surface area contributed by atoms with Crippen molar-refractivity contribution in [3.05, 3.63) is 53.9 Å². The molecular weight excluding hydrogens is 298 g/mol. The van der Waals surface area contributed by atoms with Gasteiger partial charge in [-0.3, -0.25) is 4.79 Å². The number of amides is 1. The van der Waals surface area contributed by atoms with Gasteiger partial charge >= 0.3 is 0 Å². The van der Waals surface area contributed by atoms with Gasteiger partial charge in [-0.1, -0.05) is 6.07 Å². The molecule has 0 radical (unpaired) electrons. The highest BCUT2D eigenvalue weighted by atomic mass is 32.2. The van der Waals surface area contributed by atoms with E-state index in [1.165, 1.54) is 0 Å². The SMILES string of the molecule is COc1ccc(SCc2nc3c(C(N)=O)cccc3[nH]2)cc1. The maximum atomic E-state index is 11.4. The summed E-state index contributed by atoms with van der Waals surface area (Å²) in [7, 11) is 1.65. The van der Waals surface area contributed by atoms with Crippen molar-refractivity contribution < 1.29 is 9.53 Å². The Morgan fingerprint density at radius 1 is 1.27 bits per heavy atom. The van der Waals surface area contributed by atoms with Gasteiger partial charge in [-0.15, -0.1) is 11.8 Å². The smallest absolute Gasteiger partial charge is 0.250 e. The molecule has 1 heterocycles. The number of fused-ring (bicyclic) bond motifs is 1. The van der Waals surface area contributed by atoms with Gasteiger partial charge in [0, 0.05) is 4.90 Å². The van der Waals surface area contributed by atoms with Gasteiger partial charge in [-0.05, 0) is 36.4 Å². The Kier molecular flexibility index (Phi) is 4.02. The molecule has 0 bridgehead atoms. The molecular formula is C16H15N3O2S. The van der Waals surface area contributed by atoms with Gasteiger partial charge in [0.05, 0.1) is 23.9 Å². The fourth-order valence-electron chi connectivity index (χ4n) is 2.17. The van der Waals surface area contributed by atoms with E-state index in [9.17, 15) is 4.79 Å². The van der Waals surface area contributed by atoms with Crippen LogP contribution in [-0.2, 0) is 5.75 Å². The van der Waals surface area contributed by atoms with Crippen LogP contribution in [0.25, 0.3) is 11.0 Å². The molecule has 0 atom stereocenters. The van der Waals surface area contributed by atoms with Crippen LogP contribution in [0.1, 0.15) is 16.2 Å². The molecule has 22 heavy (non-hydrogen) atoms. The highest BCUT2D eigenvalue weighted by Gasteiger charge is 2.11. The van der Waals surface area contributed by atoms with Crippen LogP contribution in [0.3, 0.4) is 0 Å². The number of nitrogens with one attached hydrogen (secondary N) is 1. The highest BCUT2D eigenvalue weighted by molar-refractivity contribution is 7.98. The molecule has 112 valence electrons. The predicted octanol–water partition coefficient (Wildman–Crippen LogP) is 2.96. The molecule has 0 spiro atoms. The van der Waals surface area contributed by atoms with Gasteiger partial charge in [-0.25, -0.2) is 4.98 Å². The van der Waals surface area contributed by atoms with Crippen LogP contribution in [-0.4, -0.2) is 23.0 Å². The minimum absolute atomic E-state index is 0.439. The first-order valence-electron chi connectivity index (χ1n) is 6.71. The number of para-hydroxylation sites is 1. The molecule has 3 aromatic rings. The number of primary amides is 1. The van der Waals surface area contributed by atoms with E-state index in [4.69, 9.17) is 10.5 Å². The average Bonchev–Trinajstić information content (AvgIpc) is 2.96. The number of hydrogen-bond donors (Lipinski definition) is 2. The second-order valence-corrected chi connectivity index (χ2v) is 5.76. The topological polar surface area (TPSA) is 81.0 Å². The zero-order chi connectivity index (χ0) is 15.5. The van der Waals surface area contributed by atoms with Gasteiger partial charge in [0.25, 0.3) is 5.91 Å². The second-order valence-electron chi connectivity index (χ2n) is 4.71. The Labute approximate surface area is 131 Å². The number of methoxy groups -OCH3 is 1. The van der Waals surface area contributed by atoms with E-state index < -0.39 is 5.91 Å². The van der Waals surface area contributed by atoms with E-state index in [-0.39, 0.29) is 0 Å². The van der Waals surface area contributed by atoms with Crippen molar-refractivity contribution in [1.29, 1.82) is 0 Å². The van der Waals surface area contributed by atoms with Gasteiger partial charge in [-0.2, -0.15) is 0 Å². The number of H-pyrrole nitrogens is 1. The Morgan fingerprint density at radius 3 is 2.73 bits per heavy atom. The molecule has 6 heteroatoms. The third kappa shape index (κ3) is 2.92. The molecule has 3 rings (SSSR count). The first kappa shape index (κ1) is 14.5. The molecule has 3 N–H and O–H groups in total. The molecule has 1 aromatic heterocycles. The van der Waals surface area contributed by atoms with Gasteiger partial charge in [0.2, 0.25) is 0 Å². The first-order chi connectivity index (χ1) is 10.7. The van der Waals surface area contributed by atoms with Gasteiger partial charge in [0.1, 0.15) is 17.1 Å². The maximum absolute atomic E-state index is 11.4. The van der Waals surface area contributed by atoms with E-state index in [1.807, 2.05) is 30.3 Å². The largest absolute Gasteiger partial charge is 0.497 e. The van der Waals surface area contributed by atoms with E-state index in [2.05, 4.69) is 9.97 Å². The lowest BCUT2D eigenvalue weighted by Gasteiger charge is -2.01. The number of nitrogens with two attached hydrogens (primary N) is 1. The third-order valence-electron chi connectivity index (χ3n) is 3.26. The fourth-order valence-corrected chi connectivity index (χ4v) is 2.94. The monoisotopic (exact) mass is 313 g/mol. The van der Waals surface area contributed by atoms with E-state index >= 15 is 0 Å². The van der Waals surface area contributed by atoms with Crippen molar-refractivity contribution in [3.63, 3.8) is 0 Å². The van der Waals surface area contributed by atoms with E-state index in [1.54, 1.807) is 31.0 Å². The van der Waals surface area contributed by atoms with Crippen molar-refractivity contribution in [1.82, 2.24) is 9.97 Å². The Hall–Kier alpha value is -2.47. The molecule has 0 aliphatic rings. The van der Waals surface area contributed by atoms with Crippen LogP contribution in [0.5, 0.6) is 5.75 Å². The normalized spacial score (nSPS) is 10.8. The number of thioether (sulfide) groups is 1. The predicted molar refractivity (Wildman–Crippen MR) is 87.2 cm³/mol. The molecule has 0 saturated heterocycles. The van der Waals surface area contributed by atoms with Gasteiger partial charge in [0.15, 0.2) is 0 Å². The number of aromatic nitrogens is 2. The summed E-state index contributed by atoms with van der Waals surface area (Å²) in [5.74, 6) is 1.86. The maximum Gasteiger partial charge on any atom is 0.250 e. The number of imidazole rings is 1. The van der Waals surface area contributed by atoms with E-state index in [0.717, 1.165) is 22.0 Å². The number of ether oxygens (including phenoxy) is 1. The minimum atomic E-state index is -0.466. The summed E-state index contributed by atoms with van der Waals surface area (Å²) in [5, 5.41) is 0. The summed E-state index contributed by atoms with van der Waals surface area (Å²) < 4.78 is 5.14. The lowest BCUT2D eigenvalue weighted by molar-refractivity contribution is 0.100. The number of nitrogens with zero attached hydrogens (tertiary/aromatic N) is 1. The van der Waals surface area contributed by atoms with Gasteiger partial charge < -0.3 is 15.5 Å². The van der Waals surface area contributed by atoms with Crippen LogP contribution in [0.4, 0.5) is 0 Å². The van der Waals surface area contributed by atoms with Crippen LogP contribution >= 0.6 is 11.8 Å². The van der Waals surface area contributed by atoms with Crippen molar-refractivity contribution in [2.45, 2.75) is 10.6 Å². The number of carbonyl (C=O) groups excluding carboxylic acids is 1. The molecule has 0 saturated carbocycles. The number of carbonyl (C=O) groups is 1. The quantitative estimate of drug-likeness (QED) is 0.710. The summed E-state index contributed by atoms with van der Waals surface area (Å²) in [6.07, 6.45) is 0. The summed E-state index contributed by atoms with van der Waals surface area (Å²) in [5.41, 5.74) is 7.26. The Balaban J connectivity index is 1.79. The summed E-state index contributed by atoms with van der Waals surface area (Å²) in [6.45, 7) is 0. The van der Waals surface area contributed by atoms with E-state index in [0.29, 0.717) is 16.8 Å². The van der Waals surface area contributed by atoms with Crippen LogP contribution in [0.2, 0.25) is 0 Å². The molecule has 0 fully saturated rings.